The Bertz CT molecular complexity index is 796. The van der Waals surface area contributed by atoms with E-state index >= 15 is 0 Å². The highest BCUT2D eigenvalue weighted by Gasteiger charge is 2.27. The lowest BCUT2D eigenvalue weighted by Gasteiger charge is -2.31. The molecule has 1 aliphatic rings. The smallest absolute Gasteiger partial charge is 0.253 e. The number of aryl methyl sites for hydroxylation is 1. The van der Waals surface area contributed by atoms with Crippen LogP contribution in [0, 0.1) is 18.7 Å². The van der Waals surface area contributed by atoms with Gasteiger partial charge in [0.15, 0.2) is 0 Å². The molecule has 0 bridgehead atoms. The quantitative estimate of drug-likeness (QED) is 0.880. The summed E-state index contributed by atoms with van der Waals surface area (Å²) < 4.78 is 13.6. The molecule has 0 atom stereocenters. The molecular weight excluding hydrogens is 343 g/mol. The number of nitrogens with one attached hydrogen (secondary N) is 1. The molecule has 5 heteroatoms. The van der Waals surface area contributed by atoms with Crippen LogP contribution in [0.1, 0.15) is 34.3 Å². The second-order valence-electron chi connectivity index (χ2n) is 7.06. The largest absolute Gasteiger partial charge is 0.356 e. The van der Waals surface area contributed by atoms with E-state index in [2.05, 4.69) is 5.32 Å². The number of rotatable bonds is 5. The Labute approximate surface area is 159 Å². The Balaban J connectivity index is 1.44. The van der Waals surface area contributed by atoms with Crippen LogP contribution in [0.15, 0.2) is 48.5 Å². The maximum atomic E-state index is 13.6. The summed E-state index contributed by atoms with van der Waals surface area (Å²) in [6.45, 7) is 3.57. The molecule has 0 saturated carbocycles. The van der Waals surface area contributed by atoms with E-state index in [1.807, 2.05) is 36.1 Å². The molecule has 0 unspecified atom stereocenters. The zero-order chi connectivity index (χ0) is 19.2. The topological polar surface area (TPSA) is 49.4 Å². The van der Waals surface area contributed by atoms with E-state index in [4.69, 9.17) is 0 Å². The summed E-state index contributed by atoms with van der Waals surface area (Å²) in [7, 11) is 0. The number of carbonyl (C=O) groups excluding carboxylic acids is 2. The number of amides is 2. The number of halogens is 1. The van der Waals surface area contributed by atoms with Gasteiger partial charge in [0, 0.05) is 31.1 Å². The Morgan fingerprint density at radius 1 is 1.07 bits per heavy atom. The second kappa shape index (κ2) is 8.80. The fraction of sp³-hybridized carbons (Fsp3) is 0.364. The summed E-state index contributed by atoms with van der Waals surface area (Å²) in [6.07, 6.45) is 1.79. The number of benzene rings is 2. The molecule has 3 rings (SSSR count). The van der Waals surface area contributed by atoms with Gasteiger partial charge in [0.25, 0.3) is 5.91 Å². The van der Waals surface area contributed by atoms with Crippen LogP contribution in [0.3, 0.4) is 0 Å². The molecule has 0 spiro atoms. The van der Waals surface area contributed by atoms with Crippen molar-refractivity contribution in [2.45, 2.75) is 26.2 Å². The molecular formula is C22H25FN2O2. The standard InChI is InChI=1S/C22H25FN2O2/c1-16-6-8-19(9-7-16)22(27)25-14-11-18(12-15-25)21(26)24-13-10-17-4-2-3-5-20(17)23/h2-9,18H,10-15H2,1H3,(H,24,26). The summed E-state index contributed by atoms with van der Waals surface area (Å²) in [6, 6.07) is 14.2. The van der Waals surface area contributed by atoms with Gasteiger partial charge in [-0.1, -0.05) is 35.9 Å². The minimum Gasteiger partial charge on any atom is -0.356 e. The summed E-state index contributed by atoms with van der Waals surface area (Å²) in [5, 5.41) is 2.90. The fourth-order valence-corrected chi connectivity index (χ4v) is 3.39. The molecule has 0 radical (unpaired) electrons. The van der Waals surface area contributed by atoms with E-state index < -0.39 is 0 Å². The first kappa shape index (κ1) is 19.1. The zero-order valence-corrected chi connectivity index (χ0v) is 15.6. The van der Waals surface area contributed by atoms with Gasteiger partial charge in [-0.15, -0.1) is 0 Å². The molecule has 4 nitrogen and oxygen atoms in total. The minimum atomic E-state index is -0.241. The first-order valence-corrected chi connectivity index (χ1v) is 9.41. The van der Waals surface area contributed by atoms with Gasteiger partial charge in [-0.3, -0.25) is 9.59 Å². The van der Waals surface area contributed by atoms with E-state index in [0.717, 1.165) is 5.56 Å². The van der Waals surface area contributed by atoms with Crippen molar-refractivity contribution in [2.75, 3.05) is 19.6 Å². The first-order valence-electron chi connectivity index (χ1n) is 9.41. The fourth-order valence-electron chi connectivity index (χ4n) is 3.39. The van der Waals surface area contributed by atoms with Crippen molar-refractivity contribution >= 4 is 11.8 Å². The molecule has 1 fully saturated rings. The number of hydrogen-bond acceptors (Lipinski definition) is 2. The van der Waals surface area contributed by atoms with Gasteiger partial charge >= 0.3 is 0 Å². The lowest BCUT2D eigenvalue weighted by Crippen LogP contribution is -2.43. The first-order chi connectivity index (χ1) is 13.0. The van der Waals surface area contributed by atoms with E-state index in [0.29, 0.717) is 50.0 Å². The number of hydrogen-bond donors (Lipinski definition) is 1. The normalized spacial score (nSPS) is 14.8. The minimum absolute atomic E-state index is 0.00576. The van der Waals surface area contributed by atoms with Crippen molar-refractivity contribution < 1.29 is 14.0 Å². The van der Waals surface area contributed by atoms with Crippen LogP contribution in [0.5, 0.6) is 0 Å². The number of likely N-dealkylation sites (tertiary alicyclic amines) is 1. The van der Waals surface area contributed by atoms with Crippen molar-refractivity contribution in [1.82, 2.24) is 10.2 Å². The number of nitrogens with zero attached hydrogens (tertiary/aromatic N) is 1. The van der Waals surface area contributed by atoms with Gasteiger partial charge in [0.2, 0.25) is 5.91 Å². The molecule has 0 aliphatic carbocycles. The van der Waals surface area contributed by atoms with Crippen LogP contribution in [0.2, 0.25) is 0 Å². The van der Waals surface area contributed by atoms with Crippen LogP contribution in [-0.2, 0) is 11.2 Å². The van der Waals surface area contributed by atoms with Gasteiger partial charge in [-0.25, -0.2) is 4.39 Å². The third-order valence-corrected chi connectivity index (χ3v) is 5.10. The van der Waals surface area contributed by atoms with E-state index in [-0.39, 0.29) is 23.5 Å². The van der Waals surface area contributed by atoms with Crippen LogP contribution >= 0.6 is 0 Å². The summed E-state index contributed by atoms with van der Waals surface area (Å²) in [5.41, 5.74) is 2.42. The van der Waals surface area contributed by atoms with E-state index in [1.165, 1.54) is 6.07 Å². The molecule has 27 heavy (non-hydrogen) atoms. The van der Waals surface area contributed by atoms with Gasteiger partial charge in [-0.05, 0) is 49.9 Å². The second-order valence-corrected chi connectivity index (χ2v) is 7.06. The maximum absolute atomic E-state index is 13.6. The summed E-state index contributed by atoms with van der Waals surface area (Å²) in [4.78, 5) is 26.7. The third kappa shape index (κ3) is 4.94. The number of piperidine rings is 1. The van der Waals surface area contributed by atoms with Crippen LogP contribution in [0.4, 0.5) is 4.39 Å². The third-order valence-electron chi connectivity index (χ3n) is 5.10. The molecule has 2 amide bonds. The van der Waals surface area contributed by atoms with Gasteiger partial charge in [0.05, 0.1) is 0 Å². The van der Waals surface area contributed by atoms with Gasteiger partial charge < -0.3 is 10.2 Å². The predicted octanol–water partition coefficient (Wildman–Crippen LogP) is 3.35. The Morgan fingerprint density at radius 2 is 1.74 bits per heavy atom. The maximum Gasteiger partial charge on any atom is 0.253 e. The average Bonchev–Trinajstić information content (AvgIpc) is 2.69. The molecule has 2 aromatic rings. The number of carbonyl (C=O) groups is 2. The SMILES string of the molecule is Cc1ccc(C(=O)N2CCC(C(=O)NCCc3ccccc3F)CC2)cc1. The predicted molar refractivity (Wildman–Crippen MR) is 103 cm³/mol. The Kier molecular flexibility index (Phi) is 6.22. The van der Waals surface area contributed by atoms with Crippen molar-refractivity contribution in [1.29, 1.82) is 0 Å². The highest BCUT2D eigenvalue weighted by molar-refractivity contribution is 5.94. The Hall–Kier alpha value is -2.69. The Morgan fingerprint density at radius 3 is 2.41 bits per heavy atom. The van der Waals surface area contributed by atoms with E-state index in [1.54, 1.807) is 18.2 Å². The van der Waals surface area contributed by atoms with Crippen LogP contribution in [-0.4, -0.2) is 36.3 Å². The lowest BCUT2D eigenvalue weighted by atomic mass is 9.95. The summed E-state index contributed by atoms with van der Waals surface area (Å²) >= 11 is 0. The molecule has 1 saturated heterocycles. The highest BCUT2D eigenvalue weighted by Crippen LogP contribution is 2.19. The molecule has 1 N–H and O–H groups in total. The van der Waals surface area contributed by atoms with Gasteiger partial charge in [0.1, 0.15) is 5.82 Å². The monoisotopic (exact) mass is 368 g/mol. The van der Waals surface area contributed by atoms with Gasteiger partial charge in [-0.2, -0.15) is 0 Å². The van der Waals surface area contributed by atoms with Crippen molar-refractivity contribution in [3.63, 3.8) is 0 Å². The summed E-state index contributed by atoms with van der Waals surface area (Å²) in [5.74, 6) is -0.315. The van der Waals surface area contributed by atoms with Crippen LogP contribution < -0.4 is 5.32 Å². The molecule has 2 aromatic carbocycles. The molecule has 1 heterocycles. The van der Waals surface area contributed by atoms with Crippen molar-refractivity contribution in [2.24, 2.45) is 5.92 Å². The molecule has 1 aliphatic heterocycles. The van der Waals surface area contributed by atoms with Crippen molar-refractivity contribution in [3.05, 3.63) is 71.0 Å². The van der Waals surface area contributed by atoms with E-state index in [9.17, 15) is 14.0 Å². The average molecular weight is 368 g/mol. The zero-order valence-electron chi connectivity index (χ0n) is 15.6. The molecule has 142 valence electrons. The highest BCUT2D eigenvalue weighted by atomic mass is 19.1. The van der Waals surface area contributed by atoms with Crippen LogP contribution in [0.25, 0.3) is 0 Å². The molecule has 0 aromatic heterocycles. The lowest BCUT2D eigenvalue weighted by molar-refractivity contribution is -0.126. The van der Waals surface area contributed by atoms with Crippen molar-refractivity contribution in [3.8, 4) is 0 Å².